The molecule has 190 valence electrons. The molecule has 0 atom stereocenters. The van der Waals surface area contributed by atoms with Crippen LogP contribution in [0.5, 0.6) is 0 Å². The Morgan fingerprint density at radius 3 is 2.16 bits per heavy atom. The number of anilines is 1. The molecule has 5 rings (SSSR count). The number of aromatic nitrogens is 3. The van der Waals surface area contributed by atoms with Crippen LogP contribution in [-0.2, 0) is 6.54 Å². The second-order valence-corrected chi connectivity index (χ2v) is 10.3. The molecule has 1 saturated heterocycles. The van der Waals surface area contributed by atoms with Crippen LogP contribution in [-0.4, -0.2) is 71.1 Å². The van der Waals surface area contributed by atoms with Gasteiger partial charge in [-0.15, -0.1) is 0 Å². The minimum absolute atomic E-state index is 0.633. The highest BCUT2D eigenvalue weighted by Crippen LogP contribution is 2.30. The zero-order valence-electron chi connectivity index (χ0n) is 22.3. The summed E-state index contributed by atoms with van der Waals surface area (Å²) in [5.74, 6) is 0.891. The molecular formula is C31H36N6. The van der Waals surface area contributed by atoms with Crippen molar-refractivity contribution < 1.29 is 0 Å². The molecule has 1 aliphatic heterocycles. The maximum absolute atomic E-state index is 4.82. The third-order valence-electron chi connectivity index (χ3n) is 7.10. The molecule has 0 bridgehead atoms. The molecule has 0 spiro atoms. The van der Waals surface area contributed by atoms with Crippen LogP contribution in [0.4, 0.5) is 5.82 Å². The molecule has 1 fully saturated rings. The van der Waals surface area contributed by atoms with Gasteiger partial charge in [0.2, 0.25) is 0 Å². The summed E-state index contributed by atoms with van der Waals surface area (Å²) in [6, 6.07) is 21.9. The number of rotatable bonds is 7. The van der Waals surface area contributed by atoms with Crippen molar-refractivity contribution in [3.05, 3.63) is 84.8 Å². The summed E-state index contributed by atoms with van der Waals surface area (Å²) in [6.45, 7) is 10.1. The molecule has 0 saturated carbocycles. The van der Waals surface area contributed by atoms with E-state index in [-0.39, 0.29) is 0 Å². The van der Waals surface area contributed by atoms with Crippen molar-refractivity contribution in [1.29, 1.82) is 0 Å². The van der Waals surface area contributed by atoms with Gasteiger partial charge in [-0.05, 0) is 60.9 Å². The van der Waals surface area contributed by atoms with E-state index >= 15 is 0 Å². The third kappa shape index (κ3) is 6.04. The molecule has 0 N–H and O–H groups in total. The second-order valence-electron chi connectivity index (χ2n) is 10.3. The number of piperazine rings is 1. The van der Waals surface area contributed by atoms with E-state index in [1.165, 1.54) is 11.1 Å². The van der Waals surface area contributed by atoms with Crippen LogP contribution in [0.2, 0.25) is 0 Å². The highest BCUT2D eigenvalue weighted by Gasteiger charge is 2.18. The van der Waals surface area contributed by atoms with Crippen molar-refractivity contribution in [2.75, 3.05) is 45.2 Å². The molecular weight excluding hydrogens is 456 g/mol. The molecule has 4 heterocycles. The average Bonchev–Trinajstić information content (AvgIpc) is 2.94. The number of benzene rings is 1. The fraction of sp³-hybridized carbons (Fsp3) is 0.323. The summed E-state index contributed by atoms with van der Waals surface area (Å²) in [6.07, 6.45) is 5.67. The predicted molar refractivity (Wildman–Crippen MR) is 152 cm³/mol. The zero-order valence-corrected chi connectivity index (χ0v) is 22.3. The molecule has 1 aliphatic rings. The standard InChI is InChI=1S/C31H36N6/c1-23(2)37-15-13-36(14-16-37)22-24-8-10-25(11-9-24)27-17-28(21-32-20-27)26-18-30(29-7-5-6-12-33-29)34-31(19-26)35(3)4/h5-12,17-21,23H,13-16,22H2,1-4H3. The second kappa shape index (κ2) is 11.2. The summed E-state index contributed by atoms with van der Waals surface area (Å²) in [4.78, 5) is 21.1. The Bertz CT molecular complexity index is 1310. The van der Waals surface area contributed by atoms with Crippen LogP contribution >= 0.6 is 0 Å². The van der Waals surface area contributed by atoms with Gasteiger partial charge < -0.3 is 4.90 Å². The quantitative estimate of drug-likeness (QED) is 0.341. The molecule has 0 radical (unpaired) electrons. The minimum atomic E-state index is 0.633. The molecule has 6 nitrogen and oxygen atoms in total. The molecule has 0 aliphatic carbocycles. The molecule has 1 aromatic carbocycles. The smallest absolute Gasteiger partial charge is 0.129 e. The summed E-state index contributed by atoms with van der Waals surface area (Å²) < 4.78 is 0. The lowest BCUT2D eigenvalue weighted by Gasteiger charge is -2.36. The molecule has 4 aromatic rings. The van der Waals surface area contributed by atoms with Crippen molar-refractivity contribution in [1.82, 2.24) is 24.8 Å². The van der Waals surface area contributed by atoms with Gasteiger partial charge in [-0.1, -0.05) is 30.3 Å². The zero-order chi connectivity index (χ0) is 25.8. The largest absolute Gasteiger partial charge is 0.363 e. The Hall–Kier alpha value is -3.61. The average molecular weight is 493 g/mol. The van der Waals surface area contributed by atoms with Gasteiger partial charge >= 0.3 is 0 Å². The topological polar surface area (TPSA) is 48.4 Å². The fourth-order valence-corrected chi connectivity index (χ4v) is 4.81. The Labute approximate surface area is 220 Å². The Kier molecular flexibility index (Phi) is 7.58. The molecule has 0 unspecified atom stereocenters. The SMILES string of the molecule is CC(C)N1CCN(Cc2ccc(-c3cncc(-c4cc(-c5ccccn5)nc(N(C)C)c4)c3)cc2)CC1. The van der Waals surface area contributed by atoms with Crippen LogP contribution < -0.4 is 4.90 Å². The first-order chi connectivity index (χ1) is 18.0. The highest BCUT2D eigenvalue weighted by molar-refractivity contribution is 5.76. The van der Waals surface area contributed by atoms with Crippen molar-refractivity contribution >= 4 is 5.82 Å². The fourth-order valence-electron chi connectivity index (χ4n) is 4.81. The minimum Gasteiger partial charge on any atom is -0.363 e. The molecule has 0 amide bonds. The van der Waals surface area contributed by atoms with Crippen molar-refractivity contribution in [2.45, 2.75) is 26.4 Å². The summed E-state index contributed by atoms with van der Waals surface area (Å²) in [5, 5.41) is 0. The first-order valence-electron chi connectivity index (χ1n) is 13.1. The number of nitrogens with zero attached hydrogens (tertiary/aromatic N) is 6. The van der Waals surface area contributed by atoms with Crippen molar-refractivity contribution in [3.8, 4) is 33.6 Å². The van der Waals surface area contributed by atoms with E-state index in [0.717, 1.165) is 66.6 Å². The first-order valence-corrected chi connectivity index (χ1v) is 13.1. The lowest BCUT2D eigenvalue weighted by Crippen LogP contribution is -2.48. The van der Waals surface area contributed by atoms with E-state index < -0.39 is 0 Å². The van der Waals surface area contributed by atoms with Crippen LogP contribution in [0.15, 0.2) is 79.3 Å². The van der Waals surface area contributed by atoms with E-state index in [9.17, 15) is 0 Å². The van der Waals surface area contributed by atoms with Crippen LogP contribution in [0.1, 0.15) is 19.4 Å². The number of pyridine rings is 3. The van der Waals surface area contributed by atoms with Gasteiger partial charge in [0.25, 0.3) is 0 Å². The number of hydrogen-bond donors (Lipinski definition) is 0. The van der Waals surface area contributed by atoms with Gasteiger partial charge in [0, 0.05) is 82.6 Å². The van der Waals surface area contributed by atoms with E-state index in [1.54, 1.807) is 6.20 Å². The summed E-state index contributed by atoms with van der Waals surface area (Å²) >= 11 is 0. The molecule has 3 aromatic heterocycles. The maximum atomic E-state index is 4.82. The molecule has 6 heteroatoms. The predicted octanol–water partition coefficient (Wildman–Crippen LogP) is 5.46. The normalized spacial score (nSPS) is 14.7. The van der Waals surface area contributed by atoms with E-state index in [4.69, 9.17) is 4.98 Å². The van der Waals surface area contributed by atoms with Crippen LogP contribution in [0, 0.1) is 0 Å². The van der Waals surface area contributed by atoms with Gasteiger partial charge in [0.1, 0.15) is 5.82 Å². The van der Waals surface area contributed by atoms with E-state index in [0.29, 0.717) is 6.04 Å². The van der Waals surface area contributed by atoms with Gasteiger partial charge in [-0.25, -0.2) is 4.98 Å². The van der Waals surface area contributed by atoms with Gasteiger partial charge in [-0.2, -0.15) is 0 Å². The third-order valence-corrected chi connectivity index (χ3v) is 7.10. The Balaban J connectivity index is 1.35. The van der Waals surface area contributed by atoms with Crippen LogP contribution in [0.25, 0.3) is 33.6 Å². The Morgan fingerprint density at radius 2 is 1.51 bits per heavy atom. The summed E-state index contributed by atoms with van der Waals surface area (Å²) in [7, 11) is 4.02. The lowest BCUT2D eigenvalue weighted by atomic mass is 10.0. The van der Waals surface area contributed by atoms with Gasteiger partial charge in [0.05, 0.1) is 11.4 Å². The first kappa shape index (κ1) is 25.1. The lowest BCUT2D eigenvalue weighted by molar-refractivity contribution is 0.104. The Morgan fingerprint density at radius 1 is 0.784 bits per heavy atom. The molecule has 37 heavy (non-hydrogen) atoms. The van der Waals surface area contributed by atoms with E-state index in [2.05, 4.69) is 76.1 Å². The van der Waals surface area contributed by atoms with Gasteiger partial charge in [0.15, 0.2) is 0 Å². The maximum Gasteiger partial charge on any atom is 0.129 e. The monoisotopic (exact) mass is 492 g/mol. The number of hydrogen-bond acceptors (Lipinski definition) is 6. The van der Waals surface area contributed by atoms with E-state index in [1.807, 2.05) is 49.6 Å². The summed E-state index contributed by atoms with van der Waals surface area (Å²) in [5.41, 5.74) is 7.49. The highest BCUT2D eigenvalue weighted by atomic mass is 15.3. The van der Waals surface area contributed by atoms with Gasteiger partial charge in [-0.3, -0.25) is 19.8 Å². The van der Waals surface area contributed by atoms with Crippen molar-refractivity contribution in [3.63, 3.8) is 0 Å². The van der Waals surface area contributed by atoms with Crippen LogP contribution in [0.3, 0.4) is 0 Å². The van der Waals surface area contributed by atoms with Crippen molar-refractivity contribution in [2.24, 2.45) is 0 Å².